The number of nitrogens with zero attached hydrogens (tertiary/aromatic N) is 1. The van der Waals surface area contributed by atoms with E-state index in [1.807, 2.05) is 24.3 Å². The van der Waals surface area contributed by atoms with Gasteiger partial charge in [0.05, 0.1) is 5.56 Å². The highest BCUT2D eigenvalue weighted by atomic mass is 79.9. The molecule has 0 fully saturated rings. The molecule has 0 amide bonds. The lowest BCUT2D eigenvalue weighted by molar-refractivity contribution is 0.439. The van der Waals surface area contributed by atoms with Crippen molar-refractivity contribution < 1.29 is 8.91 Å². The third-order valence-corrected chi connectivity index (χ3v) is 4.00. The summed E-state index contributed by atoms with van der Waals surface area (Å²) in [6.45, 7) is 0. The van der Waals surface area contributed by atoms with Gasteiger partial charge in [0, 0.05) is 14.5 Å². The second-order valence-corrected chi connectivity index (χ2v) is 6.24. The molecule has 0 bridgehead atoms. The standard InChI is InChI=1S/C15H9Br2FN2O/c16-9-3-1-2-8(6-9)13-14(20-21-15(13)19)11-5-4-10(17)7-12(11)18/h1-7H,19H2. The van der Waals surface area contributed by atoms with E-state index in [-0.39, 0.29) is 5.88 Å². The van der Waals surface area contributed by atoms with Crippen LogP contribution in [0.4, 0.5) is 10.3 Å². The minimum atomic E-state index is -0.395. The van der Waals surface area contributed by atoms with Gasteiger partial charge in [0.1, 0.15) is 11.5 Å². The Morgan fingerprint density at radius 1 is 1.05 bits per heavy atom. The molecule has 0 aliphatic carbocycles. The average Bonchev–Trinajstić information content (AvgIpc) is 2.80. The smallest absolute Gasteiger partial charge is 0.230 e. The van der Waals surface area contributed by atoms with E-state index >= 15 is 0 Å². The lowest BCUT2D eigenvalue weighted by Gasteiger charge is -2.05. The number of anilines is 1. The monoisotopic (exact) mass is 410 g/mol. The Hall–Kier alpha value is -1.66. The molecule has 2 N–H and O–H groups in total. The van der Waals surface area contributed by atoms with Gasteiger partial charge in [-0.15, -0.1) is 0 Å². The minimum absolute atomic E-state index is 0.158. The Kier molecular flexibility index (Phi) is 3.82. The van der Waals surface area contributed by atoms with Crippen LogP contribution >= 0.6 is 31.9 Å². The van der Waals surface area contributed by atoms with Crippen molar-refractivity contribution in [2.75, 3.05) is 5.73 Å². The molecule has 3 aromatic rings. The summed E-state index contributed by atoms with van der Waals surface area (Å²) in [4.78, 5) is 0. The molecular weight excluding hydrogens is 403 g/mol. The first-order valence-electron chi connectivity index (χ1n) is 6.03. The molecule has 106 valence electrons. The Balaban J connectivity index is 2.22. The van der Waals surface area contributed by atoms with Gasteiger partial charge in [-0.3, -0.25) is 0 Å². The lowest BCUT2D eigenvalue weighted by Crippen LogP contribution is -1.90. The first kappa shape index (κ1) is 14.3. The molecule has 6 heteroatoms. The molecule has 21 heavy (non-hydrogen) atoms. The normalized spacial score (nSPS) is 10.8. The molecule has 3 rings (SSSR count). The maximum absolute atomic E-state index is 14.2. The second kappa shape index (κ2) is 5.61. The molecule has 1 aromatic heterocycles. The number of aromatic nitrogens is 1. The average molecular weight is 412 g/mol. The highest BCUT2D eigenvalue weighted by Crippen LogP contribution is 2.38. The van der Waals surface area contributed by atoms with Crippen molar-refractivity contribution in [2.45, 2.75) is 0 Å². The van der Waals surface area contributed by atoms with Gasteiger partial charge in [0.25, 0.3) is 0 Å². The van der Waals surface area contributed by atoms with Crippen LogP contribution in [0.3, 0.4) is 0 Å². The van der Waals surface area contributed by atoms with E-state index in [0.717, 1.165) is 10.0 Å². The highest BCUT2D eigenvalue weighted by Gasteiger charge is 2.20. The zero-order valence-corrected chi connectivity index (χ0v) is 13.8. The SMILES string of the molecule is Nc1onc(-c2ccc(Br)cc2F)c1-c1cccc(Br)c1. The second-order valence-electron chi connectivity index (χ2n) is 4.40. The Morgan fingerprint density at radius 3 is 2.52 bits per heavy atom. The summed E-state index contributed by atoms with van der Waals surface area (Å²) >= 11 is 6.64. The summed E-state index contributed by atoms with van der Waals surface area (Å²) in [6.07, 6.45) is 0. The van der Waals surface area contributed by atoms with Crippen molar-refractivity contribution >= 4 is 37.7 Å². The van der Waals surface area contributed by atoms with E-state index in [9.17, 15) is 4.39 Å². The third-order valence-electron chi connectivity index (χ3n) is 3.02. The van der Waals surface area contributed by atoms with Crippen molar-refractivity contribution in [3.8, 4) is 22.4 Å². The largest absolute Gasteiger partial charge is 0.367 e. The van der Waals surface area contributed by atoms with Crippen LogP contribution in [0, 0.1) is 5.82 Å². The molecule has 0 aliphatic heterocycles. The van der Waals surface area contributed by atoms with Crippen molar-refractivity contribution in [2.24, 2.45) is 0 Å². The van der Waals surface area contributed by atoms with Gasteiger partial charge in [-0.2, -0.15) is 0 Å². The van der Waals surface area contributed by atoms with Crippen LogP contribution < -0.4 is 5.73 Å². The maximum atomic E-state index is 14.2. The molecular formula is C15H9Br2FN2O. The Morgan fingerprint density at radius 2 is 1.81 bits per heavy atom. The summed E-state index contributed by atoms with van der Waals surface area (Å²) in [6, 6.07) is 12.3. The zero-order valence-electron chi connectivity index (χ0n) is 10.6. The number of benzene rings is 2. The van der Waals surface area contributed by atoms with Crippen molar-refractivity contribution in [3.05, 3.63) is 57.2 Å². The summed E-state index contributed by atoms with van der Waals surface area (Å²) in [7, 11) is 0. The van der Waals surface area contributed by atoms with Gasteiger partial charge in [-0.05, 0) is 35.9 Å². The topological polar surface area (TPSA) is 52.0 Å². The number of hydrogen-bond donors (Lipinski definition) is 1. The van der Waals surface area contributed by atoms with Gasteiger partial charge in [0.2, 0.25) is 5.88 Å². The fourth-order valence-corrected chi connectivity index (χ4v) is 2.82. The molecule has 0 unspecified atom stereocenters. The summed E-state index contributed by atoms with van der Waals surface area (Å²) in [5.74, 6) is -0.237. The number of rotatable bonds is 2. The van der Waals surface area contributed by atoms with Gasteiger partial charge in [-0.25, -0.2) is 4.39 Å². The van der Waals surface area contributed by atoms with E-state index in [2.05, 4.69) is 37.0 Å². The first-order chi connectivity index (χ1) is 10.1. The van der Waals surface area contributed by atoms with Gasteiger partial charge in [0.15, 0.2) is 0 Å². The molecule has 1 heterocycles. The first-order valence-corrected chi connectivity index (χ1v) is 7.61. The van der Waals surface area contributed by atoms with E-state index in [1.165, 1.54) is 6.07 Å². The predicted molar refractivity (Wildman–Crippen MR) is 87.1 cm³/mol. The van der Waals surface area contributed by atoms with E-state index in [0.29, 0.717) is 21.3 Å². The molecule has 0 saturated heterocycles. The van der Waals surface area contributed by atoms with Crippen LogP contribution in [-0.2, 0) is 0 Å². The fourth-order valence-electron chi connectivity index (χ4n) is 2.09. The van der Waals surface area contributed by atoms with E-state index in [4.69, 9.17) is 10.3 Å². The van der Waals surface area contributed by atoms with Gasteiger partial charge in [-0.1, -0.05) is 49.1 Å². The number of nitrogen functional groups attached to an aromatic ring is 1. The molecule has 0 aliphatic rings. The number of hydrogen-bond acceptors (Lipinski definition) is 3. The molecule has 0 spiro atoms. The van der Waals surface area contributed by atoms with Crippen molar-refractivity contribution in [1.29, 1.82) is 0 Å². The number of nitrogens with two attached hydrogens (primary N) is 1. The van der Waals surface area contributed by atoms with Gasteiger partial charge >= 0.3 is 0 Å². The van der Waals surface area contributed by atoms with Crippen LogP contribution in [-0.4, -0.2) is 5.16 Å². The van der Waals surface area contributed by atoms with Crippen LogP contribution in [0.25, 0.3) is 22.4 Å². The van der Waals surface area contributed by atoms with Crippen molar-refractivity contribution in [3.63, 3.8) is 0 Å². The predicted octanol–water partition coefficient (Wildman–Crippen LogP) is 5.25. The highest BCUT2D eigenvalue weighted by molar-refractivity contribution is 9.10. The van der Waals surface area contributed by atoms with Crippen LogP contribution in [0.5, 0.6) is 0 Å². The molecule has 3 nitrogen and oxygen atoms in total. The molecule has 0 saturated carbocycles. The molecule has 2 aromatic carbocycles. The summed E-state index contributed by atoms with van der Waals surface area (Å²) < 4.78 is 20.8. The Labute approximate surface area is 137 Å². The zero-order chi connectivity index (χ0) is 15.0. The minimum Gasteiger partial charge on any atom is -0.367 e. The number of halogens is 3. The van der Waals surface area contributed by atoms with E-state index < -0.39 is 5.82 Å². The van der Waals surface area contributed by atoms with Crippen LogP contribution in [0.1, 0.15) is 0 Å². The summed E-state index contributed by atoms with van der Waals surface area (Å²) in [5.41, 5.74) is 7.98. The lowest BCUT2D eigenvalue weighted by atomic mass is 10.0. The maximum Gasteiger partial charge on any atom is 0.230 e. The fraction of sp³-hybridized carbons (Fsp3) is 0. The van der Waals surface area contributed by atoms with E-state index in [1.54, 1.807) is 12.1 Å². The Bertz CT molecular complexity index is 817. The van der Waals surface area contributed by atoms with Crippen LogP contribution in [0.15, 0.2) is 55.9 Å². The van der Waals surface area contributed by atoms with Crippen LogP contribution in [0.2, 0.25) is 0 Å². The van der Waals surface area contributed by atoms with Gasteiger partial charge < -0.3 is 10.3 Å². The van der Waals surface area contributed by atoms with Crippen molar-refractivity contribution in [1.82, 2.24) is 5.16 Å². The molecule has 0 radical (unpaired) electrons. The quantitative estimate of drug-likeness (QED) is 0.626. The molecule has 0 atom stereocenters. The third kappa shape index (κ3) is 2.73. The summed E-state index contributed by atoms with van der Waals surface area (Å²) in [5, 5.41) is 3.91.